The molecule has 4 aromatic carbocycles. The average Bonchev–Trinajstić information content (AvgIpc) is 3.29. The molecule has 2 bridgehead atoms. The number of anilines is 1. The van der Waals surface area contributed by atoms with Crippen molar-refractivity contribution in [3.05, 3.63) is 139 Å². The number of carbonyl (C=O) groups is 3. The second-order valence-corrected chi connectivity index (χ2v) is 11.9. The zero-order valence-electron chi connectivity index (χ0n) is 22.8. The van der Waals surface area contributed by atoms with Crippen LogP contribution in [0.5, 0.6) is 0 Å². The maximum atomic E-state index is 14.5. The summed E-state index contributed by atoms with van der Waals surface area (Å²) in [6, 6.07) is 25.9. The summed E-state index contributed by atoms with van der Waals surface area (Å²) in [6.07, 6.45) is 1.59. The minimum atomic E-state index is -1.25. The molecule has 0 radical (unpaired) electrons. The normalized spacial score (nSPS) is 23.0. The number of hydrogen-bond donors (Lipinski definition) is 1. The van der Waals surface area contributed by atoms with Crippen molar-refractivity contribution in [1.29, 1.82) is 0 Å². The molecule has 8 rings (SSSR count). The van der Waals surface area contributed by atoms with Gasteiger partial charge in [-0.3, -0.25) is 24.5 Å². The molecule has 1 heterocycles. The maximum absolute atomic E-state index is 14.5. The van der Waals surface area contributed by atoms with Crippen LogP contribution in [0.4, 0.5) is 11.4 Å². The summed E-state index contributed by atoms with van der Waals surface area (Å²) in [5, 5.41) is 17.1. The highest BCUT2D eigenvalue weighted by atomic mass is 35.5. The Hall–Kier alpha value is -4.86. The van der Waals surface area contributed by atoms with Crippen LogP contribution < -0.4 is 10.3 Å². The second kappa shape index (κ2) is 10.4. The van der Waals surface area contributed by atoms with Crippen LogP contribution in [0.25, 0.3) is 0 Å². The molecule has 9 nitrogen and oxygen atoms in total. The molecule has 0 unspecified atom stereocenters. The first-order chi connectivity index (χ1) is 21.2. The lowest BCUT2D eigenvalue weighted by atomic mass is 9.47. The van der Waals surface area contributed by atoms with Gasteiger partial charge in [-0.1, -0.05) is 83.9 Å². The molecule has 1 aliphatic heterocycles. The standard InChI is InChI=1S/C33H22Cl2N4O5/c34-19-11-9-18(10-12-19)15-27(40)37-36-17-33-23-7-3-1-5-21(23)28(22-6-2-4-8-24(22)33)29-30(33)32(42)38(31(29)41)25-14-13-20(35)16-26(25)39(43)44/h1-14,16-17,28-30H,15H2,(H,37,40)/b36-17-/t28?,29-,30-,33?/m0/s1. The van der Waals surface area contributed by atoms with Crippen LogP contribution in [0.2, 0.25) is 10.0 Å². The zero-order chi connectivity index (χ0) is 30.7. The fourth-order valence-corrected chi connectivity index (χ4v) is 7.44. The molecule has 0 aromatic heterocycles. The monoisotopic (exact) mass is 624 g/mol. The van der Waals surface area contributed by atoms with E-state index in [0.29, 0.717) is 5.02 Å². The number of hydrazone groups is 1. The zero-order valence-corrected chi connectivity index (χ0v) is 24.3. The largest absolute Gasteiger partial charge is 0.294 e. The van der Waals surface area contributed by atoms with Crippen molar-refractivity contribution < 1.29 is 19.3 Å². The van der Waals surface area contributed by atoms with Crippen LogP contribution in [0, 0.1) is 22.0 Å². The van der Waals surface area contributed by atoms with Gasteiger partial charge in [0.05, 0.1) is 28.6 Å². The molecule has 11 heteroatoms. The van der Waals surface area contributed by atoms with E-state index < -0.39 is 45.6 Å². The molecule has 2 atom stereocenters. The second-order valence-electron chi connectivity index (χ2n) is 11.0. The Labute approximate surface area is 261 Å². The molecule has 1 fully saturated rings. The van der Waals surface area contributed by atoms with Gasteiger partial charge in [-0.2, -0.15) is 5.10 Å². The smallest absolute Gasteiger partial charge is 0.274 e. The first-order valence-corrected chi connectivity index (χ1v) is 14.6. The third-order valence-corrected chi connectivity index (χ3v) is 9.28. The number of nitro groups is 1. The first kappa shape index (κ1) is 27.9. The van der Waals surface area contributed by atoms with Crippen LogP contribution >= 0.6 is 23.2 Å². The van der Waals surface area contributed by atoms with Gasteiger partial charge >= 0.3 is 0 Å². The van der Waals surface area contributed by atoms with E-state index in [1.54, 1.807) is 30.5 Å². The lowest BCUT2D eigenvalue weighted by Gasteiger charge is -2.52. The summed E-state index contributed by atoms with van der Waals surface area (Å²) in [6.45, 7) is 0. The van der Waals surface area contributed by atoms with E-state index in [2.05, 4.69) is 10.5 Å². The molecular formula is C33H22Cl2N4O5. The topological polar surface area (TPSA) is 122 Å². The minimum Gasteiger partial charge on any atom is -0.274 e. The Morgan fingerprint density at radius 3 is 2.16 bits per heavy atom. The lowest BCUT2D eigenvalue weighted by molar-refractivity contribution is -0.384. The molecular weight excluding hydrogens is 603 g/mol. The molecule has 3 aliphatic carbocycles. The maximum Gasteiger partial charge on any atom is 0.294 e. The Bertz CT molecular complexity index is 1880. The molecule has 1 saturated heterocycles. The van der Waals surface area contributed by atoms with Gasteiger partial charge in [-0.05, 0) is 52.1 Å². The molecule has 44 heavy (non-hydrogen) atoms. The van der Waals surface area contributed by atoms with Crippen molar-refractivity contribution in [3.8, 4) is 0 Å². The van der Waals surface area contributed by atoms with Crippen LogP contribution in [-0.2, 0) is 26.2 Å². The summed E-state index contributed by atoms with van der Waals surface area (Å²) >= 11 is 12.0. The molecule has 1 N–H and O–H groups in total. The van der Waals surface area contributed by atoms with Crippen molar-refractivity contribution in [2.24, 2.45) is 16.9 Å². The number of imide groups is 1. The van der Waals surface area contributed by atoms with Gasteiger partial charge in [-0.15, -0.1) is 0 Å². The van der Waals surface area contributed by atoms with Gasteiger partial charge in [0, 0.05) is 28.2 Å². The summed E-state index contributed by atoms with van der Waals surface area (Å²) < 4.78 is 0. The van der Waals surface area contributed by atoms with Crippen molar-refractivity contribution >= 4 is 58.5 Å². The number of carbonyl (C=O) groups excluding carboxylic acids is 3. The highest BCUT2D eigenvalue weighted by Crippen LogP contribution is 2.64. The Morgan fingerprint density at radius 1 is 0.909 bits per heavy atom. The van der Waals surface area contributed by atoms with E-state index in [1.165, 1.54) is 12.1 Å². The molecule has 0 spiro atoms. The van der Waals surface area contributed by atoms with Gasteiger partial charge in [0.1, 0.15) is 5.69 Å². The van der Waals surface area contributed by atoms with Crippen molar-refractivity contribution in [2.75, 3.05) is 4.90 Å². The first-order valence-electron chi connectivity index (χ1n) is 13.8. The Kier molecular flexibility index (Phi) is 6.60. The third kappa shape index (κ3) is 4.07. The highest BCUT2D eigenvalue weighted by Gasteiger charge is 2.68. The van der Waals surface area contributed by atoms with Crippen LogP contribution in [0.15, 0.2) is 96.1 Å². The molecule has 3 amide bonds. The average molecular weight is 625 g/mol. The van der Waals surface area contributed by atoms with Crippen LogP contribution in [0.3, 0.4) is 0 Å². The number of nitro benzene ring substituents is 1. The number of hydrogen-bond acceptors (Lipinski definition) is 6. The van der Waals surface area contributed by atoms with E-state index in [-0.39, 0.29) is 23.0 Å². The Balaban J connectivity index is 1.36. The number of benzene rings is 4. The third-order valence-electron chi connectivity index (χ3n) is 8.79. The fourth-order valence-electron chi connectivity index (χ4n) is 7.15. The number of nitrogens with zero attached hydrogens (tertiary/aromatic N) is 3. The highest BCUT2D eigenvalue weighted by molar-refractivity contribution is 6.31. The van der Waals surface area contributed by atoms with E-state index >= 15 is 0 Å². The van der Waals surface area contributed by atoms with E-state index in [4.69, 9.17) is 23.2 Å². The van der Waals surface area contributed by atoms with Gasteiger partial charge < -0.3 is 0 Å². The molecule has 4 aliphatic rings. The van der Waals surface area contributed by atoms with Gasteiger partial charge in [-0.25, -0.2) is 10.3 Å². The summed E-state index contributed by atoms with van der Waals surface area (Å²) in [5.41, 5.74) is 4.80. The van der Waals surface area contributed by atoms with E-state index in [9.17, 15) is 24.5 Å². The molecule has 218 valence electrons. The van der Waals surface area contributed by atoms with Gasteiger partial charge in [0.2, 0.25) is 17.7 Å². The SMILES string of the molecule is O=C(Cc1ccc(Cl)cc1)N/N=C\C12c3ccccc3C(c3ccccc31)[C@@H]1C(=O)N(c3ccc(Cl)cc3[N+](=O)[O-])C(=O)[C@H]12. The van der Waals surface area contributed by atoms with E-state index in [1.807, 2.05) is 48.5 Å². The van der Waals surface area contributed by atoms with Crippen molar-refractivity contribution in [3.63, 3.8) is 0 Å². The summed E-state index contributed by atoms with van der Waals surface area (Å²) in [4.78, 5) is 53.9. The van der Waals surface area contributed by atoms with Gasteiger partial charge in [0.15, 0.2) is 0 Å². The van der Waals surface area contributed by atoms with E-state index in [0.717, 1.165) is 38.8 Å². The fraction of sp³-hybridized carbons (Fsp3) is 0.152. The predicted molar refractivity (Wildman–Crippen MR) is 165 cm³/mol. The van der Waals surface area contributed by atoms with Crippen LogP contribution in [0.1, 0.15) is 33.7 Å². The van der Waals surface area contributed by atoms with Crippen molar-refractivity contribution in [1.82, 2.24) is 5.43 Å². The number of nitrogens with one attached hydrogen (secondary N) is 1. The number of halogens is 2. The number of rotatable bonds is 6. The lowest BCUT2D eigenvalue weighted by Crippen LogP contribution is -2.54. The van der Waals surface area contributed by atoms with Gasteiger partial charge in [0.25, 0.3) is 5.69 Å². The van der Waals surface area contributed by atoms with Crippen molar-refractivity contribution in [2.45, 2.75) is 17.8 Å². The molecule has 0 saturated carbocycles. The summed E-state index contributed by atoms with van der Waals surface area (Å²) in [5.74, 6) is -3.80. The summed E-state index contributed by atoms with van der Waals surface area (Å²) in [7, 11) is 0. The quantitative estimate of drug-likeness (QED) is 0.126. The molecule has 4 aromatic rings. The predicted octanol–water partition coefficient (Wildman–Crippen LogP) is 5.80. The van der Waals surface area contributed by atoms with Crippen LogP contribution in [-0.4, -0.2) is 28.9 Å². The number of amides is 3. The Morgan fingerprint density at radius 2 is 1.52 bits per heavy atom. The minimum absolute atomic E-state index is 0.0498.